The van der Waals surface area contributed by atoms with Crippen LogP contribution < -0.4 is 5.32 Å². The molecule has 0 saturated heterocycles. The summed E-state index contributed by atoms with van der Waals surface area (Å²) >= 11 is 0. The molecule has 1 aromatic carbocycles. The van der Waals surface area contributed by atoms with Gasteiger partial charge < -0.3 is 9.88 Å². The van der Waals surface area contributed by atoms with E-state index in [1.165, 1.54) is 11.1 Å². The molecule has 1 aromatic heterocycles. The average Bonchev–Trinajstić information content (AvgIpc) is 2.73. The molecule has 1 N–H and O–H groups in total. The number of hydrogen-bond acceptors (Lipinski definition) is 2. The largest absolute Gasteiger partial charge is 0.324 e. The third-order valence-electron chi connectivity index (χ3n) is 3.66. The fraction of sp³-hybridized carbons (Fsp3) is 0.562. The van der Waals surface area contributed by atoms with Crippen molar-refractivity contribution in [1.29, 1.82) is 0 Å². The predicted molar refractivity (Wildman–Crippen MR) is 81.4 cm³/mol. The average molecular weight is 259 g/mol. The van der Waals surface area contributed by atoms with Gasteiger partial charge in [0.05, 0.1) is 17.6 Å². The Labute approximate surface area is 116 Å². The third kappa shape index (κ3) is 2.98. The molecule has 0 fully saturated rings. The van der Waals surface area contributed by atoms with E-state index in [4.69, 9.17) is 4.98 Å². The van der Waals surface area contributed by atoms with Crippen molar-refractivity contribution in [3.63, 3.8) is 0 Å². The van der Waals surface area contributed by atoms with Crippen LogP contribution >= 0.6 is 0 Å². The Kier molecular flexibility index (Phi) is 4.25. The topological polar surface area (TPSA) is 29.9 Å². The summed E-state index contributed by atoms with van der Waals surface area (Å²) in [5.74, 6) is 1.14. The van der Waals surface area contributed by atoms with Gasteiger partial charge >= 0.3 is 0 Å². The minimum absolute atomic E-state index is 0.432. The van der Waals surface area contributed by atoms with E-state index in [1.807, 2.05) is 0 Å². The minimum atomic E-state index is 0.432. The van der Waals surface area contributed by atoms with Crippen LogP contribution in [-0.4, -0.2) is 15.6 Å². The number of nitrogens with one attached hydrogen (secondary N) is 1. The Hall–Kier alpha value is -1.35. The molecule has 1 unspecified atom stereocenters. The van der Waals surface area contributed by atoms with Crippen molar-refractivity contribution >= 4 is 11.0 Å². The van der Waals surface area contributed by atoms with E-state index in [1.54, 1.807) is 0 Å². The summed E-state index contributed by atoms with van der Waals surface area (Å²) in [7, 11) is 0. The fourth-order valence-electron chi connectivity index (χ4n) is 2.37. The molecule has 104 valence electrons. The summed E-state index contributed by atoms with van der Waals surface area (Å²) in [6.07, 6.45) is 1.14. The first-order valence-electron chi connectivity index (χ1n) is 7.23. The number of fused-ring (bicyclic) bond motifs is 1. The van der Waals surface area contributed by atoms with Gasteiger partial charge in [-0.25, -0.2) is 4.98 Å². The zero-order valence-corrected chi connectivity index (χ0v) is 12.7. The molecule has 0 saturated carbocycles. The van der Waals surface area contributed by atoms with Crippen LogP contribution in [0.1, 0.15) is 51.5 Å². The lowest BCUT2D eigenvalue weighted by Gasteiger charge is -2.15. The highest BCUT2D eigenvalue weighted by Crippen LogP contribution is 2.22. The van der Waals surface area contributed by atoms with E-state index in [2.05, 4.69) is 62.7 Å². The van der Waals surface area contributed by atoms with Gasteiger partial charge in [-0.1, -0.05) is 13.0 Å². The summed E-state index contributed by atoms with van der Waals surface area (Å²) in [5.41, 5.74) is 3.61. The molecular weight excluding hydrogens is 234 g/mol. The molecule has 0 bridgehead atoms. The van der Waals surface area contributed by atoms with Crippen LogP contribution in [0.25, 0.3) is 11.0 Å². The van der Waals surface area contributed by atoms with Crippen molar-refractivity contribution < 1.29 is 0 Å². The molecule has 2 aromatic rings. The van der Waals surface area contributed by atoms with Crippen molar-refractivity contribution in [1.82, 2.24) is 14.9 Å². The number of hydrogen-bond donors (Lipinski definition) is 1. The molecule has 3 nitrogen and oxygen atoms in total. The molecule has 1 heterocycles. The van der Waals surface area contributed by atoms with Gasteiger partial charge in [0.25, 0.3) is 0 Å². The van der Waals surface area contributed by atoms with E-state index >= 15 is 0 Å². The lowest BCUT2D eigenvalue weighted by Crippen LogP contribution is -2.26. The monoisotopic (exact) mass is 259 g/mol. The van der Waals surface area contributed by atoms with Crippen LogP contribution in [0, 0.1) is 6.92 Å². The molecule has 0 radical (unpaired) electrons. The van der Waals surface area contributed by atoms with E-state index in [-0.39, 0.29) is 0 Å². The zero-order chi connectivity index (χ0) is 14.0. The Balaban J connectivity index is 2.38. The number of imidazole rings is 1. The third-order valence-corrected chi connectivity index (χ3v) is 3.66. The number of nitrogens with zero attached hydrogens (tertiary/aromatic N) is 2. The summed E-state index contributed by atoms with van der Waals surface area (Å²) in [6, 6.07) is 7.48. The van der Waals surface area contributed by atoms with Crippen LogP contribution in [0.15, 0.2) is 18.2 Å². The van der Waals surface area contributed by atoms with E-state index in [9.17, 15) is 0 Å². The molecule has 2 rings (SSSR count). The molecule has 0 aliphatic rings. The van der Waals surface area contributed by atoms with Crippen molar-refractivity contribution in [3.05, 3.63) is 29.6 Å². The van der Waals surface area contributed by atoms with Gasteiger partial charge in [0.1, 0.15) is 5.82 Å². The summed E-state index contributed by atoms with van der Waals surface area (Å²) in [5, 5.41) is 3.54. The van der Waals surface area contributed by atoms with E-state index in [0.717, 1.165) is 24.3 Å². The number of aryl methyl sites for hydroxylation is 1. The van der Waals surface area contributed by atoms with Crippen molar-refractivity contribution in [2.45, 2.75) is 59.7 Å². The molecule has 1 atom stereocenters. The van der Waals surface area contributed by atoms with Gasteiger partial charge in [0.2, 0.25) is 0 Å². The van der Waals surface area contributed by atoms with Gasteiger partial charge in [-0.15, -0.1) is 0 Å². The Morgan fingerprint density at radius 2 is 2.00 bits per heavy atom. The van der Waals surface area contributed by atoms with Crippen LogP contribution in [-0.2, 0) is 6.54 Å². The minimum Gasteiger partial charge on any atom is -0.324 e. The van der Waals surface area contributed by atoms with Crippen molar-refractivity contribution in [2.75, 3.05) is 0 Å². The first-order valence-corrected chi connectivity index (χ1v) is 7.23. The lowest BCUT2D eigenvalue weighted by atomic mass is 10.2. The lowest BCUT2D eigenvalue weighted by molar-refractivity contribution is 0.496. The predicted octanol–water partition coefficient (Wildman–Crippen LogP) is 3.81. The molecule has 0 aliphatic carbocycles. The smallest absolute Gasteiger partial charge is 0.124 e. The Morgan fingerprint density at radius 1 is 1.26 bits per heavy atom. The molecule has 0 aliphatic heterocycles. The second-order valence-corrected chi connectivity index (χ2v) is 5.67. The SMILES string of the molecule is CCC(C)NCc1nc2cc(C)ccc2n1C(C)C. The normalized spacial score (nSPS) is 13.4. The van der Waals surface area contributed by atoms with Gasteiger partial charge in [-0.2, -0.15) is 0 Å². The summed E-state index contributed by atoms with van der Waals surface area (Å²) < 4.78 is 2.34. The van der Waals surface area contributed by atoms with Crippen LogP contribution in [0.2, 0.25) is 0 Å². The maximum Gasteiger partial charge on any atom is 0.124 e. The Morgan fingerprint density at radius 3 is 2.63 bits per heavy atom. The first kappa shape index (κ1) is 14.1. The van der Waals surface area contributed by atoms with Crippen LogP contribution in [0.4, 0.5) is 0 Å². The Bertz CT molecular complexity index is 554. The maximum atomic E-state index is 4.80. The number of rotatable bonds is 5. The highest BCUT2D eigenvalue weighted by Gasteiger charge is 2.13. The standard InChI is InChI=1S/C16H25N3/c1-6-13(5)17-10-16-18-14-9-12(4)7-8-15(14)19(16)11(2)3/h7-9,11,13,17H,6,10H2,1-5H3. The molecule has 0 spiro atoms. The van der Waals surface area contributed by atoms with Gasteiger partial charge in [0.15, 0.2) is 0 Å². The van der Waals surface area contributed by atoms with Crippen LogP contribution in [0.3, 0.4) is 0 Å². The maximum absolute atomic E-state index is 4.80. The second-order valence-electron chi connectivity index (χ2n) is 5.67. The second kappa shape index (κ2) is 5.74. The van der Waals surface area contributed by atoms with E-state index < -0.39 is 0 Å². The molecule has 19 heavy (non-hydrogen) atoms. The quantitative estimate of drug-likeness (QED) is 0.884. The number of aromatic nitrogens is 2. The van der Waals surface area contributed by atoms with Crippen molar-refractivity contribution in [2.24, 2.45) is 0 Å². The molecule has 0 amide bonds. The van der Waals surface area contributed by atoms with Gasteiger partial charge in [-0.05, 0) is 51.8 Å². The fourth-order valence-corrected chi connectivity index (χ4v) is 2.37. The molecule has 3 heteroatoms. The summed E-state index contributed by atoms with van der Waals surface area (Å²) in [6.45, 7) is 11.8. The van der Waals surface area contributed by atoms with Crippen molar-refractivity contribution in [3.8, 4) is 0 Å². The zero-order valence-electron chi connectivity index (χ0n) is 12.7. The van der Waals surface area contributed by atoms with Gasteiger partial charge in [0, 0.05) is 12.1 Å². The first-order chi connectivity index (χ1) is 9.02. The summed E-state index contributed by atoms with van der Waals surface area (Å²) in [4.78, 5) is 4.80. The van der Waals surface area contributed by atoms with Crippen LogP contribution in [0.5, 0.6) is 0 Å². The highest BCUT2D eigenvalue weighted by molar-refractivity contribution is 5.77. The highest BCUT2D eigenvalue weighted by atomic mass is 15.1. The van der Waals surface area contributed by atoms with Gasteiger partial charge in [-0.3, -0.25) is 0 Å². The number of benzene rings is 1. The van der Waals surface area contributed by atoms with E-state index in [0.29, 0.717) is 12.1 Å². The molecular formula is C16H25N3.